The molecule has 2 saturated heterocycles. The predicted octanol–water partition coefficient (Wildman–Crippen LogP) is 2.16. The molecule has 2 fully saturated rings. The number of piperidine rings is 1. The van der Waals surface area contributed by atoms with Gasteiger partial charge < -0.3 is 14.7 Å². The van der Waals surface area contributed by atoms with Gasteiger partial charge in [-0.3, -0.25) is 4.79 Å². The van der Waals surface area contributed by atoms with Crippen LogP contribution in [-0.4, -0.2) is 60.0 Å². The number of rotatable bonds is 2. The molecule has 2 aliphatic heterocycles. The van der Waals surface area contributed by atoms with Gasteiger partial charge in [0.05, 0.1) is 0 Å². The number of hydrogen-bond acceptors (Lipinski definition) is 5. The monoisotopic (exact) mass is 331 g/mol. The smallest absolute Gasteiger partial charge is 0.228 e. The Morgan fingerprint density at radius 1 is 0.958 bits per heavy atom. The molecule has 6 heteroatoms. The molecule has 0 spiro atoms. The first-order valence-corrected chi connectivity index (χ1v) is 9.07. The van der Waals surface area contributed by atoms with E-state index in [-0.39, 0.29) is 11.3 Å². The fourth-order valence-corrected chi connectivity index (χ4v) is 3.37. The van der Waals surface area contributed by atoms with Crippen LogP contribution in [0.4, 0.5) is 11.8 Å². The van der Waals surface area contributed by atoms with Gasteiger partial charge in [0.2, 0.25) is 11.9 Å². The average molecular weight is 331 g/mol. The van der Waals surface area contributed by atoms with E-state index in [2.05, 4.69) is 14.8 Å². The van der Waals surface area contributed by atoms with Crippen molar-refractivity contribution in [2.24, 2.45) is 5.41 Å². The number of aromatic nitrogens is 2. The molecule has 6 nitrogen and oxygen atoms in total. The molecule has 2 aliphatic rings. The second-order valence-corrected chi connectivity index (χ2v) is 7.79. The number of anilines is 2. The summed E-state index contributed by atoms with van der Waals surface area (Å²) in [4.78, 5) is 28.2. The third kappa shape index (κ3) is 3.79. The van der Waals surface area contributed by atoms with Gasteiger partial charge in [0.1, 0.15) is 5.82 Å². The minimum atomic E-state index is -0.307. The lowest BCUT2D eigenvalue weighted by atomic mass is 9.94. The zero-order valence-electron chi connectivity index (χ0n) is 15.2. The van der Waals surface area contributed by atoms with Gasteiger partial charge in [0.25, 0.3) is 0 Å². The van der Waals surface area contributed by atoms with Crippen LogP contribution in [0.25, 0.3) is 0 Å². The van der Waals surface area contributed by atoms with Gasteiger partial charge in [-0.1, -0.05) is 20.8 Å². The van der Waals surface area contributed by atoms with Crippen molar-refractivity contribution < 1.29 is 4.79 Å². The molecular weight excluding hydrogens is 302 g/mol. The van der Waals surface area contributed by atoms with E-state index in [1.807, 2.05) is 37.9 Å². The average Bonchev–Trinajstić information content (AvgIpc) is 2.61. The van der Waals surface area contributed by atoms with E-state index in [1.54, 1.807) is 0 Å². The first-order chi connectivity index (χ1) is 11.4. The maximum Gasteiger partial charge on any atom is 0.228 e. The summed E-state index contributed by atoms with van der Waals surface area (Å²) in [7, 11) is 0. The second kappa shape index (κ2) is 6.95. The topological polar surface area (TPSA) is 52.6 Å². The van der Waals surface area contributed by atoms with Gasteiger partial charge in [-0.15, -0.1) is 0 Å². The SMILES string of the molecule is CC(C)(C)C(=O)N1CCN(c2ccnc(N3CCCCC3)n2)CC1. The van der Waals surface area contributed by atoms with E-state index in [1.165, 1.54) is 19.3 Å². The molecule has 3 rings (SSSR count). The summed E-state index contributed by atoms with van der Waals surface area (Å²) in [6, 6.07) is 1.98. The number of hydrogen-bond donors (Lipinski definition) is 0. The minimum absolute atomic E-state index is 0.235. The first-order valence-electron chi connectivity index (χ1n) is 9.07. The van der Waals surface area contributed by atoms with Gasteiger partial charge in [-0.25, -0.2) is 4.98 Å². The van der Waals surface area contributed by atoms with Crippen molar-refractivity contribution in [3.63, 3.8) is 0 Å². The molecular formula is C18H29N5O. The second-order valence-electron chi connectivity index (χ2n) is 7.79. The lowest BCUT2D eigenvalue weighted by Crippen LogP contribution is -2.52. The van der Waals surface area contributed by atoms with Crippen LogP contribution < -0.4 is 9.80 Å². The summed E-state index contributed by atoms with van der Waals surface area (Å²) in [5.41, 5.74) is -0.307. The number of carbonyl (C=O) groups is 1. The van der Waals surface area contributed by atoms with Gasteiger partial charge in [0, 0.05) is 50.9 Å². The van der Waals surface area contributed by atoms with Crippen LogP contribution in [-0.2, 0) is 4.79 Å². The maximum absolute atomic E-state index is 12.4. The van der Waals surface area contributed by atoms with Gasteiger partial charge in [-0.05, 0) is 25.3 Å². The van der Waals surface area contributed by atoms with Gasteiger partial charge in [-0.2, -0.15) is 4.98 Å². The van der Waals surface area contributed by atoms with Crippen LogP contribution in [0.3, 0.4) is 0 Å². The number of amides is 1. The highest BCUT2D eigenvalue weighted by molar-refractivity contribution is 5.81. The fourth-order valence-electron chi connectivity index (χ4n) is 3.37. The summed E-state index contributed by atoms with van der Waals surface area (Å²) in [6.45, 7) is 11.2. The maximum atomic E-state index is 12.4. The van der Waals surface area contributed by atoms with Gasteiger partial charge >= 0.3 is 0 Å². The Bertz CT molecular complexity index is 569. The summed E-state index contributed by atoms with van der Waals surface area (Å²) in [5.74, 6) is 2.06. The first kappa shape index (κ1) is 17.0. The van der Waals surface area contributed by atoms with Crippen molar-refractivity contribution in [3.05, 3.63) is 12.3 Å². The summed E-state index contributed by atoms with van der Waals surface area (Å²) in [6.07, 6.45) is 5.61. The molecule has 0 aliphatic carbocycles. The van der Waals surface area contributed by atoms with Crippen molar-refractivity contribution in [1.29, 1.82) is 0 Å². The number of nitrogens with zero attached hydrogens (tertiary/aromatic N) is 5. The highest BCUT2D eigenvalue weighted by Gasteiger charge is 2.30. The Hall–Kier alpha value is -1.85. The Balaban J connectivity index is 1.63. The Kier molecular flexibility index (Phi) is 4.92. The number of piperazine rings is 1. The standard InChI is InChI=1S/C18H29N5O/c1-18(2,3)16(24)22-13-11-21(12-14-22)15-7-8-19-17(20-15)23-9-5-4-6-10-23/h7-8H,4-6,9-14H2,1-3H3. The fraction of sp³-hybridized carbons (Fsp3) is 0.722. The zero-order chi connectivity index (χ0) is 17.2. The zero-order valence-corrected chi connectivity index (χ0v) is 15.2. The predicted molar refractivity (Wildman–Crippen MR) is 96.3 cm³/mol. The molecule has 0 bridgehead atoms. The van der Waals surface area contributed by atoms with Crippen LogP contribution in [0.15, 0.2) is 12.3 Å². The largest absolute Gasteiger partial charge is 0.353 e. The van der Waals surface area contributed by atoms with Crippen molar-refractivity contribution in [3.8, 4) is 0 Å². The third-order valence-electron chi connectivity index (χ3n) is 4.80. The molecule has 0 radical (unpaired) electrons. The van der Waals surface area contributed by atoms with E-state index >= 15 is 0 Å². The van der Waals surface area contributed by atoms with Crippen LogP contribution >= 0.6 is 0 Å². The highest BCUT2D eigenvalue weighted by atomic mass is 16.2. The third-order valence-corrected chi connectivity index (χ3v) is 4.80. The number of carbonyl (C=O) groups excluding carboxylic acids is 1. The molecule has 0 atom stereocenters. The van der Waals surface area contributed by atoms with E-state index in [0.717, 1.165) is 51.0 Å². The summed E-state index contributed by atoms with van der Waals surface area (Å²) >= 11 is 0. The van der Waals surface area contributed by atoms with Crippen molar-refractivity contribution in [2.45, 2.75) is 40.0 Å². The van der Waals surface area contributed by atoms with Crippen molar-refractivity contribution in [1.82, 2.24) is 14.9 Å². The molecule has 1 amide bonds. The van der Waals surface area contributed by atoms with Crippen LogP contribution in [0.2, 0.25) is 0 Å². The van der Waals surface area contributed by atoms with E-state index in [0.29, 0.717) is 0 Å². The normalized spacial score (nSPS) is 19.5. The minimum Gasteiger partial charge on any atom is -0.353 e. The summed E-state index contributed by atoms with van der Waals surface area (Å²) in [5, 5.41) is 0. The molecule has 24 heavy (non-hydrogen) atoms. The van der Waals surface area contributed by atoms with Crippen LogP contribution in [0.5, 0.6) is 0 Å². The van der Waals surface area contributed by atoms with E-state index in [4.69, 9.17) is 4.98 Å². The van der Waals surface area contributed by atoms with Crippen LogP contribution in [0.1, 0.15) is 40.0 Å². The molecule has 132 valence electrons. The quantitative estimate of drug-likeness (QED) is 0.831. The Morgan fingerprint density at radius 3 is 2.25 bits per heavy atom. The van der Waals surface area contributed by atoms with Crippen molar-refractivity contribution >= 4 is 17.7 Å². The molecule has 3 heterocycles. The molecule has 1 aromatic heterocycles. The van der Waals surface area contributed by atoms with Gasteiger partial charge in [0.15, 0.2) is 0 Å². The summed E-state index contributed by atoms with van der Waals surface area (Å²) < 4.78 is 0. The molecule has 0 saturated carbocycles. The molecule has 0 aromatic carbocycles. The molecule has 0 unspecified atom stereocenters. The lowest BCUT2D eigenvalue weighted by Gasteiger charge is -2.38. The molecule has 1 aromatic rings. The van der Waals surface area contributed by atoms with Crippen LogP contribution in [0, 0.1) is 5.41 Å². The Morgan fingerprint density at radius 2 is 1.62 bits per heavy atom. The lowest BCUT2D eigenvalue weighted by molar-refractivity contribution is -0.139. The van der Waals surface area contributed by atoms with E-state index in [9.17, 15) is 4.79 Å². The van der Waals surface area contributed by atoms with Crippen molar-refractivity contribution in [2.75, 3.05) is 49.1 Å². The highest BCUT2D eigenvalue weighted by Crippen LogP contribution is 2.22. The van der Waals surface area contributed by atoms with E-state index < -0.39 is 0 Å². The molecule has 0 N–H and O–H groups in total. The Labute approximate surface area is 144 Å².